The van der Waals surface area contributed by atoms with Gasteiger partial charge in [0.15, 0.2) is 0 Å². The number of hydrogen-bond acceptors (Lipinski definition) is 5. The number of methoxy groups -OCH3 is 1. The smallest absolute Gasteiger partial charge is 0.416 e. The van der Waals surface area contributed by atoms with E-state index in [4.69, 9.17) is 5.73 Å². The van der Waals surface area contributed by atoms with Gasteiger partial charge >= 0.3 is 18.8 Å². The Balaban J connectivity index is 3.33. The molecule has 0 aliphatic heterocycles. The molecule has 1 atom stereocenters. The number of carbonyl (C=O) groups is 2. The fourth-order valence-electron chi connectivity index (χ4n) is 1.91. The van der Waals surface area contributed by atoms with Crippen LogP contribution in [0.1, 0.15) is 23.6 Å². The van der Waals surface area contributed by atoms with Crippen molar-refractivity contribution in [1.29, 1.82) is 0 Å². The third-order valence-electron chi connectivity index (χ3n) is 3.00. The molecule has 0 unspecified atom stereocenters. The van der Waals surface area contributed by atoms with Gasteiger partial charge in [-0.1, -0.05) is 0 Å². The van der Waals surface area contributed by atoms with E-state index in [-0.39, 0.29) is 5.56 Å². The molecule has 0 bridgehead atoms. The molecule has 0 heterocycles. The molecule has 0 saturated heterocycles. The van der Waals surface area contributed by atoms with E-state index < -0.39 is 55.0 Å². The topological polar surface area (TPSA) is 90.7 Å². The van der Waals surface area contributed by atoms with Gasteiger partial charge in [0.1, 0.15) is 5.75 Å². The lowest BCUT2D eigenvalue weighted by Crippen LogP contribution is -2.35. The number of nitrogens with two attached hydrogens (primary N) is 1. The molecule has 0 aromatic heterocycles. The standard InChI is InChI=1S/C14H15F5N2O4/c1-24-12(23)5-10(21-11(22)6-20)7-2-8(14(17,18)19)4-9(3-7)25-13(15)16/h2-4,10,13H,5-6,20H2,1H3,(H,21,22)/t10-/m0/s1. The Morgan fingerprint density at radius 3 is 2.36 bits per heavy atom. The highest BCUT2D eigenvalue weighted by Crippen LogP contribution is 2.35. The number of benzene rings is 1. The van der Waals surface area contributed by atoms with Crippen LogP contribution in [0.3, 0.4) is 0 Å². The predicted octanol–water partition coefficient (Wildman–Crippen LogP) is 1.99. The number of nitrogens with one attached hydrogen (secondary N) is 1. The van der Waals surface area contributed by atoms with Crippen molar-refractivity contribution in [3.05, 3.63) is 29.3 Å². The van der Waals surface area contributed by atoms with Crippen LogP contribution in [-0.4, -0.2) is 32.1 Å². The van der Waals surface area contributed by atoms with Crippen LogP contribution in [0.5, 0.6) is 5.75 Å². The maximum atomic E-state index is 13.0. The highest BCUT2D eigenvalue weighted by atomic mass is 19.4. The quantitative estimate of drug-likeness (QED) is 0.566. The van der Waals surface area contributed by atoms with E-state index in [1.54, 1.807) is 0 Å². The molecule has 25 heavy (non-hydrogen) atoms. The summed E-state index contributed by atoms with van der Waals surface area (Å²) in [6.07, 6.45) is -5.39. The molecule has 6 nitrogen and oxygen atoms in total. The molecule has 1 aromatic carbocycles. The van der Waals surface area contributed by atoms with Gasteiger partial charge in [0, 0.05) is 0 Å². The Morgan fingerprint density at radius 2 is 1.88 bits per heavy atom. The van der Waals surface area contributed by atoms with Crippen molar-refractivity contribution >= 4 is 11.9 Å². The molecular formula is C14H15F5N2O4. The van der Waals surface area contributed by atoms with Gasteiger partial charge < -0.3 is 20.5 Å². The molecule has 0 radical (unpaired) electrons. The third kappa shape index (κ3) is 6.53. The first-order chi connectivity index (χ1) is 11.6. The maximum Gasteiger partial charge on any atom is 0.416 e. The van der Waals surface area contributed by atoms with Crippen LogP contribution in [0.25, 0.3) is 0 Å². The molecular weight excluding hydrogens is 355 g/mol. The summed E-state index contributed by atoms with van der Waals surface area (Å²) >= 11 is 0. The fourth-order valence-corrected chi connectivity index (χ4v) is 1.91. The van der Waals surface area contributed by atoms with Crippen molar-refractivity contribution in [3.63, 3.8) is 0 Å². The summed E-state index contributed by atoms with van der Waals surface area (Å²) in [6.45, 7) is -3.84. The average molecular weight is 370 g/mol. The minimum atomic E-state index is -4.86. The monoisotopic (exact) mass is 370 g/mol. The first kappa shape index (κ1) is 20.6. The van der Waals surface area contributed by atoms with Crippen molar-refractivity contribution in [3.8, 4) is 5.75 Å². The zero-order valence-electron chi connectivity index (χ0n) is 12.9. The number of amides is 1. The molecule has 0 saturated carbocycles. The van der Waals surface area contributed by atoms with Gasteiger partial charge in [-0.15, -0.1) is 0 Å². The first-order valence-electron chi connectivity index (χ1n) is 6.80. The first-order valence-corrected chi connectivity index (χ1v) is 6.80. The second kappa shape index (κ2) is 8.60. The highest BCUT2D eigenvalue weighted by molar-refractivity contribution is 5.79. The van der Waals surface area contributed by atoms with Crippen molar-refractivity contribution in [2.24, 2.45) is 5.73 Å². The summed E-state index contributed by atoms with van der Waals surface area (Å²) in [4.78, 5) is 22.9. The Hall–Kier alpha value is -2.43. The van der Waals surface area contributed by atoms with E-state index in [0.29, 0.717) is 12.1 Å². The summed E-state index contributed by atoms with van der Waals surface area (Å²) in [6, 6.07) is 0.593. The fraction of sp³-hybridized carbons (Fsp3) is 0.429. The second-order valence-corrected chi connectivity index (χ2v) is 4.77. The van der Waals surface area contributed by atoms with Gasteiger partial charge in [-0.2, -0.15) is 22.0 Å². The molecule has 0 fully saturated rings. The van der Waals surface area contributed by atoms with Gasteiger partial charge in [0.05, 0.1) is 31.7 Å². The predicted molar refractivity (Wildman–Crippen MR) is 74.6 cm³/mol. The maximum absolute atomic E-state index is 13.0. The van der Waals surface area contributed by atoms with Gasteiger partial charge in [0.25, 0.3) is 0 Å². The van der Waals surface area contributed by atoms with Gasteiger partial charge in [-0.25, -0.2) is 0 Å². The minimum Gasteiger partial charge on any atom is -0.469 e. The summed E-state index contributed by atoms with van der Waals surface area (Å²) in [5.41, 5.74) is 3.58. The van der Waals surface area contributed by atoms with Crippen LogP contribution in [0.2, 0.25) is 0 Å². The number of rotatable bonds is 7. The van der Waals surface area contributed by atoms with E-state index in [0.717, 1.165) is 13.2 Å². The van der Waals surface area contributed by atoms with Crippen molar-refractivity contribution in [2.75, 3.05) is 13.7 Å². The summed E-state index contributed by atoms with van der Waals surface area (Å²) in [5, 5.41) is 2.23. The number of alkyl halides is 5. The van der Waals surface area contributed by atoms with Crippen molar-refractivity contribution in [2.45, 2.75) is 25.3 Å². The van der Waals surface area contributed by atoms with Crippen LogP contribution in [0.15, 0.2) is 18.2 Å². The molecule has 0 spiro atoms. The summed E-state index contributed by atoms with van der Waals surface area (Å²) in [5.74, 6) is -2.37. The van der Waals surface area contributed by atoms with E-state index in [1.807, 2.05) is 0 Å². The lowest BCUT2D eigenvalue weighted by molar-refractivity contribution is -0.141. The van der Waals surface area contributed by atoms with Crippen LogP contribution in [0, 0.1) is 0 Å². The molecule has 1 amide bonds. The SMILES string of the molecule is COC(=O)C[C@H](NC(=O)CN)c1cc(OC(F)F)cc(C(F)(F)F)c1. The number of carbonyl (C=O) groups excluding carboxylic acids is 2. The lowest BCUT2D eigenvalue weighted by atomic mass is 10.00. The van der Waals surface area contributed by atoms with Gasteiger partial charge in [-0.05, 0) is 23.8 Å². The van der Waals surface area contributed by atoms with Crippen LogP contribution in [0.4, 0.5) is 22.0 Å². The zero-order chi connectivity index (χ0) is 19.2. The number of ether oxygens (including phenoxy) is 2. The highest BCUT2D eigenvalue weighted by Gasteiger charge is 2.33. The van der Waals surface area contributed by atoms with Gasteiger partial charge in [-0.3, -0.25) is 9.59 Å². The van der Waals surface area contributed by atoms with Crippen molar-refractivity contribution < 1.29 is 41.0 Å². The molecule has 1 aromatic rings. The third-order valence-corrected chi connectivity index (χ3v) is 3.00. The lowest BCUT2D eigenvalue weighted by Gasteiger charge is -2.20. The van der Waals surface area contributed by atoms with E-state index >= 15 is 0 Å². The van der Waals surface area contributed by atoms with Crippen LogP contribution < -0.4 is 15.8 Å². The van der Waals surface area contributed by atoms with E-state index in [2.05, 4.69) is 14.8 Å². The van der Waals surface area contributed by atoms with E-state index in [9.17, 15) is 31.5 Å². The van der Waals surface area contributed by atoms with Crippen LogP contribution in [-0.2, 0) is 20.5 Å². The summed E-state index contributed by atoms with van der Waals surface area (Å²) < 4.78 is 72.0. The molecule has 11 heteroatoms. The molecule has 1 rings (SSSR count). The molecule has 0 aliphatic rings. The van der Waals surface area contributed by atoms with E-state index in [1.165, 1.54) is 0 Å². The molecule has 0 aliphatic carbocycles. The molecule has 140 valence electrons. The average Bonchev–Trinajstić information content (AvgIpc) is 2.52. The Bertz CT molecular complexity index is 604. The Labute approximate surface area is 139 Å². The van der Waals surface area contributed by atoms with Crippen molar-refractivity contribution in [1.82, 2.24) is 5.32 Å². The largest absolute Gasteiger partial charge is 0.469 e. The minimum absolute atomic E-state index is 0.266. The molecule has 3 N–H and O–H groups in total. The van der Waals surface area contributed by atoms with Crippen LogP contribution >= 0.6 is 0 Å². The summed E-state index contributed by atoms with van der Waals surface area (Å²) in [7, 11) is 1.04. The normalized spacial score (nSPS) is 12.6. The number of hydrogen-bond donors (Lipinski definition) is 2. The zero-order valence-corrected chi connectivity index (χ0v) is 12.9. The second-order valence-electron chi connectivity index (χ2n) is 4.77. The number of esters is 1. The Morgan fingerprint density at radius 1 is 1.24 bits per heavy atom. The Kier molecular flexibility index (Phi) is 7.09. The number of halogens is 5. The van der Waals surface area contributed by atoms with Gasteiger partial charge in [0.2, 0.25) is 5.91 Å².